The van der Waals surface area contributed by atoms with Crippen LogP contribution in [-0.2, 0) is 20.5 Å². The number of anilines is 1. The zero-order valence-electron chi connectivity index (χ0n) is 14.4. The predicted octanol–water partition coefficient (Wildman–Crippen LogP) is 0.821. The molecule has 0 fully saturated rings. The molecule has 0 aromatic heterocycles. The molecule has 0 bridgehead atoms. The van der Waals surface area contributed by atoms with Gasteiger partial charge in [-0.25, -0.2) is 4.79 Å². The topological polar surface area (TPSA) is 88.9 Å². The Kier molecular flexibility index (Phi) is 8.04. The first-order valence-corrected chi connectivity index (χ1v) is 7.93. The molecule has 1 rings (SSSR count). The van der Waals surface area contributed by atoms with Crippen LogP contribution in [0.2, 0.25) is 0 Å². The zero-order chi connectivity index (χ0) is 19.7. The number of likely N-dealkylation sites (N-methyl/N-ethyl adjacent to an activating group) is 1. The number of benzene rings is 1. The highest BCUT2D eigenvalue weighted by Gasteiger charge is 2.33. The maximum absolute atomic E-state index is 12.9. The van der Waals surface area contributed by atoms with Crippen molar-refractivity contribution in [1.82, 2.24) is 5.32 Å². The Labute approximate surface area is 148 Å². The molecule has 3 amide bonds. The van der Waals surface area contributed by atoms with Gasteiger partial charge in [-0.1, -0.05) is 12.1 Å². The number of quaternary nitrogens is 1. The molecule has 1 aromatic rings. The number of alkyl halides is 3. The smallest absolute Gasteiger partial charge is 0.418 e. The van der Waals surface area contributed by atoms with E-state index < -0.39 is 29.6 Å². The van der Waals surface area contributed by atoms with Crippen LogP contribution in [0.5, 0.6) is 0 Å². The minimum atomic E-state index is -4.60. The summed E-state index contributed by atoms with van der Waals surface area (Å²) in [7, 11) is 0. The van der Waals surface area contributed by atoms with Gasteiger partial charge in [0.2, 0.25) is 0 Å². The number of para-hydroxylation sites is 1. The number of amides is 3. The first-order chi connectivity index (χ1) is 12.2. The summed E-state index contributed by atoms with van der Waals surface area (Å²) < 4.78 is 43.4. The van der Waals surface area contributed by atoms with E-state index in [-0.39, 0.29) is 25.4 Å². The van der Waals surface area contributed by atoms with Gasteiger partial charge in [-0.05, 0) is 26.0 Å². The Morgan fingerprint density at radius 3 is 2.27 bits per heavy atom. The quantitative estimate of drug-likeness (QED) is 0.658. The maximum Gasteiger partial charge on any atom is 0.418 e. The van der Waals surface area contributed by atoms with E-state index in [2.05, 4.69) is 10.1 Å². The normalized spacial score (nSPS) is 12.2. The average Bonchev–Trinajstić information content (AvgIpc) is 2.53. The largest absolute Gasteiger partial charge is 0.450 e. The minimum Gasteiger partial charge on any atom is -0.450 e. The Morgan fingerprint density at radius 1 is 1.08 bits per heavy atom. The van der Waals surface area contributed by atoms with Crippen molar-refractivity contribution >= 4 is 23.6 Å². The lowest BCUT2D eigenvalue weighted by molar-refractivity contribution is -0.881. The number of alkyl carbamates (subject to hydrolysis) is 1. The molecular weight excluding hydrogens is 355 g/mol. The van der Waals surface area contributed by atoms with Gasteiger partial charge in [0.05, 0.1) is 24.4 Å². The van der Waals surface area contributed by atoms with Gasteiger partial charge in [0.15, 0.2) is 13.1 Å². The molecule has 7 nitrogen and oxygen atoms in total. The molecule has 1 unspecified atom stereocenters. The lowest BCUT2D eigenvalue weighted by Gasteiger charge is -2.18. The Balaban J connectivity index is 2.66. The van der Waals surface area contributed by atoms with E-state index in [4.69, 9.17) is 0 Å². The second kappa shape index (κ2) is 9.76. The SMILES string of the molecule is CCOC(=O)NC(=O)C[NH+](CC)CC(=O)Nc1ccccc1C(F)(F)F. The summed E-state index contributed by atoms with van der Waals surface area (Å²) in [6, 6.07) is 4.62. The van der Waals surface area contributed by atoms with Crippen molar-refractivity contribution in [3.05, 3.63) is 29.8 Å². The molecule has 144 valence electrons. The molecule has 0 aliphatic rings. The van der Waals surface area contributed by atoms with Crippen molar-refractivity contribution in [3.63, 3.8) is 0 Å². The standard InChI is InChI=1S/C16H20F3N3O4/c1-3-22(10-14(24)21-15(25)26-4-2)9-13(23)20-12-8-6-5-7-11(12)16(17,18)19/h5-8H,3-4,9-10H2,1-2H3,(H,20,23)(H,21,24,25)/p+1. The Bertz CT molecular complexity index is 650. The summed E-state index contributed by atoms with van der Waals surface area (Å²) in [5.41, 5.74) is -1.30. The second-order valence-corrected chi connectivity index (χ2v) is 5.32. The fourth-order valence-electron chi connectivity index (χ4n) is 2.13. The second-order valence-electron chi connectivity index (χ2n) is 5.32. The Morgan fingerprint density at radius 2 is 1.69 bits per heavy atom. The highest BCUT2D eigenvalue weighted by molar-refractivity contribution is 5.93. The van der Waals surface area contributed by atoms with Gasteiger partial charge in [0.1, 0.15) is 0 Å². The van der Waals surface area contributed by atoms with Gasteiger partial charge < -0.3 is 15.0 Å². The molecule has 3 N–H and O–H groups in total. The van der Waals surface area contributed by atoms with Crippen LogP contribution in [-0.4, -0.2) is 44.1 Å². The molecule has 0 spiro atoms. The van der Waals surface area contributed by atoms with Crippen LogP contribution in [0.1, 0.15) is 19.4 Å². The number of nitrogens with one attached hydrogen (secondary N) is 3. The number of carbonyl (C=O) groups excluding carboxylic acids is 3. The molecule has 1 aromatic carbocycles. The Hall–Kier alpha value is -2.62. The molecule has 0 saturated heterocycles. The van der Waals surface area contributed by atoms with Crippen molar-refractivity contribution in [1.29, 1.82) is 0 Å². The monoisotopic (exact) mass is 376 g/mol. The van der Waals surface area contributed by atoms with Crippen molar-refractivity contribution < 1.29 is 37.2 Å². The number of halogens is 3. The number of ether oxygens (including phenoxy) is 1. The fourth-order valence-corrected chi connectivity index (χ4v) is 2.13. The summed E-state index contributed by atoms with van der Waals surface area (Å²) in [5.74, 6) is -1.33. The van der Waals surface area contributed by atoms with E-state index in [9.17, 15) is 27.6 Å². The van der Waals surface area contributed by atoms with E-state index in [1.54, 1.807) is 13.8 Å². The van der Waals surface area contributed by atoms with Gasteiger partial charge in [-0.3, -0.25) is 14.9 Å². The summed E-state index contributed by atoms with van der Waals surface area (Å²) in [5, 5.41) is 4.21. The van der Waals surface area contributed by atoms with Gasteiger partial charge in [0, 0.05) is 0 Å². The van der Waals surface area contributed by atoms with Crippen molar-refractivity contribution in [2.45, 2.75) is 20.0 Å². The molecule has 0 aliphatic carbocycles. The highest BCUT2D eigenvalue weighted by Crippen LogP contribution is 2.34. The summed E-state index contributed by atoms with van der Waals surface area (Å²) in [6.07, 6.45) is -5.49. The first kappa shape index (κ1) is 21.4. The van der Waals surface area contributed by atoms with E-state index in [0.717, 1.165) is 12.1 Å². The maximum atomic E-state index is 12.9. The summed E-state index contributed by atoms with van der Waals surface area (Å²) in [6.45, 7) is 3.29. The molecule has 0 radical (unpaired) electrons. The molecule has 0 heterocycles. The number of hydrogen-bond acceptors (Lipinski definition) is 4. The number of imide groups is 1. The zero-order valence-corrected chi connectivity index (χ0v) is 14.4. The van der Waals surface area contributed by atoms with Gasteiger partial charge >= 0.3 is 12.3 Å². The summed E-state index contributed by atoms with van der Waals surface area (Å²) in [4.78, 5) is 35.4. The van der Waals surface area contributed by atoms with E-state index in [0.29, 0.717) is 11.4 Å². The van der Waals surface area contributed by atoms with Crippen molar-refractivity contribution in [2.24, 2.45) is 0 Å². The molecule has 26 heavy (non-hydrogen) atoms. The third-order valence-electron chi connectivity index (χ3n) is 3.34. The molecule has 1 atom stereocenters. The van der Waals surface area contributed by atoms with Crippen molar-refractivity contribution in [2.75, 3.05) is 31.6 Å². The van der Waals surface area contributed by atoms with Gasteiger partial charge in [0.25, 0.3) is 11.8 Å². The van der Waals surface area contributed by atoms with Crippen LogP contribution in [0.15, 0.2) is 24.3 Å². The van der Waals surface area contributed by atoms with Crippen LogP contribution in [0, 0.1) is 0 Å². The lowest BCUT2D eigenvalue weighted by atomic mass is 10.1. The summed E-state index contributed by atoms with van der Waals surface area (Å²) >= 11 is 0. The number of hydrogen-bond donors (Lipinski definition) is 3. The van der Waals surface area contributed by atoms with Gasteiger partial charge in [-0.2, -0.15) is 13.2 Å². The van der Waals surface area contributed by atoms with E-state index in [1.165, 1.54) is 12.1 Å². The molecule has 0 saturated carbocycles. The van der Waals surface area contributed by atoms with Crippen LogP contribution in [0.3, 0.4) is 0 Å². The van der Waals surface area contributed by atoms with Crippen LogP contribution < -0.4 is 15.5 Å². The molecule has 10 heteroatoms. The number of rotatable bonds is 7. The lowest BCUT2D eigenvalue weighted by Crippen LogP contribution is -3.14. The third kappa shape index (κ3) is 7.09. The predicted molar refractivity (Wildman–Crippen MR) is 86.5 cm³/mol. The van der Waals surface area contributed by atoms with E-state index in [1.807, 2.05) is 5.32 Å². The first-order valence-electron chi connectivity index (χ1n) is 7.93. The minimum absolute atomic E-state index is 0.102. The van der Waals surface area contributed by atoms with Gasteiger partial charge in [-0.15, -0.1) is 0 Å². The van der Waals surface area contributed by atoms with Crippen molar-refractivity contribution in [3.8, 4) is 0 Å². The third-order valence-corrected chi connectivity index (χ3v) is 3.34. The fraction of sp³-hybridized carbons (Fsp3) is 0.438. The van der Waals surface area contributed by atoms with Crippen LogP contribution in [0.25, 0.3) is 0 Å². The molecule has 0 aliphatic heterocycles. The van der Waals surface area contributed by atoms with Crippen LogP contribution in [0.4, 0.5) is 23.7 Å². The molecular formula is C16H21F3N3O4+. The number of carbonyl (C=O) groups is 3. The average molecular weight is 376 g/mol. The highest BCUT2D eigenvalue weighted by atomic mass is 19.4. The van der Waals surface area contributed by atoms with E-state index >= 15 is 0 Å². The van der Waals surface area contributed by atoms with Crippen LogP contribution >= 0.6 is 0 Å².